The number of carbonyl (C=O) groups is 1. The van der Waals surface area contributed by atoms with Crippen molar-refractivity contribution in [3.63, 3.8) is 0 Å². The zero-order valence-corrected chi connectivity index (χ0v) is 13.9. The zero-order valence-electron chi connectivity index (χ0n) is 13.9. The summed E-state index contributed by atoms with van der Waals surface area (Å²) in [6, 6.07) is 17.6. The molecular formula is C19H23N3O2. The maximum Gasteiger partial charge on any atom is 0.265 e. The number of hydroxylamine groups is 1. The quantitative estimate of drug-likeness (QED) is 0.669. The molecule has 2 aromatic carbocycles. The predicted molar refractivity (Wildman–Crippen MR) is 94.1 cm³/mol. The summed E-state index contributed by atoms with van der Waals surface area (Å²) in [5.74, 6) is -0.384. The fourth-order valence-electron chi connectivity index (χ4n) is 3.22. The number of hydrogen-bond acceptors (Lipinski definition) is 4. The molecule has 5 heteroatoms. The highest BCUT2D eigenvalue weighted by Gasteiger charge is 2.30. The summed E-state index contributed by atoms with van der Waals surface area (Å²) in [6.45, 7) is 5.32. The van der Waals surface area contributed by atoms with E-state index < -0.39 is 6.04 Å². The number of piperazine rings is 1. The van der Waals surface area contributed by atoms with Crippen molar-refractivity contribution in [1.29, 1.82) is 0 Å². The van der Waals surface area contributed by atoms with Crippen LogP contribution in [0.1, 0.15) is 17.2 Å². The molecule has 3 rings (SSSR count). The normalized spacial score (nSPS) is 16.7. The molecule has 2 aromatic rings. The van der Waals surface area contributed by atoms with Gasteiger partial charge in [0.05, 0.1) is 0 Å². The second-order valence-corrected chi connectivity index (χ2v) is 6.15. The van der Waals surface area contributed by atoms with E-state index in [-0.39, 0.29) is 5.91 Å². The Morgan fingerprint density at radius 2 is 1.62 bits per heavy atom. The smallest absolute Gasteiger partial charge is 0.265 e. The number of carbonyl (C=O) groups excluding carboxylic acids is 1. The van der Waals surface area contributed by atoms with Crippen molar-refractivity contribution in [2.45, 2.75) is 13.0 Å². The highest BCUT2D eigenvalue weighted by atomic mass is 16.5. The van der Waals surface area contributed by atoms with Crippen LogP contribution in [-0.4, -0.2) is 42.2 Å². The first-order chi connectivity index (χ1) is 11.7. The molecule has 1 amide bonds. The van der Waals surface area contributed by atoms with Crippen molar-refractivity contribution in [2.24, 2.45) is 0 Å². The first-order valence-electron chi connectivity index (χ1n) is 8.23. The second kappa shape index (κ2) is 7.47. The van der Waals surface area contributed by atoms with Gasteiger partial charge in [0, 0.05) is 31.9 Å². The van der Waals surface area contributed by atoms with Crippen LogP contribution in [0, 0.1) is 6.92 Å². The molecule has 0 bridgehead atoms. The van der Waals surface area contributed by atoms with Gasteiger partial charge in [0.25, 0.3) is 5.91 Å². The third-order valence-electron chi connectivity index (χ3n) is 4.55. The molecule has 5 nitrogen and oxygen atoms in total. The fourth-order valence-corrected chi connectivity index (χ4v) is 3.22. The largest absolute Gasteiger partial charge is 0.369 e. The molecule has 0 aromatic heterocycles. The number of rotatable bonds is 4. The summed E-state index contributed by atoms with van der Waals surface area (Å²) in [4.78, 5) is 16.6. The number of nitrogens with one attached hydrogen (secondary N) is 1. The lowest BCUT2D eigenvalue weighted by atomic mass is 10.0. The summed E-state index contributed by atoms with van der Waals surface area (Å²) in [5.41, 5.74) is 5.17. The lowest BCUT2D eigenvalue weighted by molar-refractivity contribution is -0.135. The Kier molecular flexibility index (Phi) is 5.13. The van der Waals surface area contributed by atoms with Crippen LogP contribution in [0.2, 0.25) is 0 Å². The number of amides is 1. The van der Waals surface area contributed by atoms with E-state index in [0.29, 0.717) is 0 Å². The lowest BCUT2D eigenvalue weighted by Gasteiger charge is -2.39. The predicted octanol–water partition coefficient (Wildman–Crippen LogP) is 2.36. The van der Waals surface area contributed by atoms with E-state index in [4.69, 9.17) is 5.21 Å². The van der Waals surface area contributed by atoms with Crippen molar-refractivity contribution < 1.29 is 10.0 Å². The van der Waals surface area contributed by atoms with E-state index >= 15 is 0 Å². The molecule has 1 atom stereocenters. The topological polar surface area (TPSA) is 55.8 Å². The highest BCUT2D eigenvalue weighted by Crippen LogP contribution is 2.24. The van der Waals surface area contributed by atoms with Gasteiger partial charge < -0.3 is 4.90 Å². The molecule has 1 unspecified atom stereocenters. The van der Waals surface area contributed by atoms with Crippen molar-refractivity contribution in [1.82, 2.24) is 10.4 Å². The molecular weight excluding hydrogens is 302 g/mol. The van der Waals surface area contributed by atoms with Gasteiger partial charge in [-0.05, 0) is 24.6 Å². The Hall–Kier alpha value is -2.37. The molecule has 126 valence electrons. The number of benzene rings is 2. The summed E-state index contributed by atoms with van der Waals surface area (Å²) in [6.07, 6.45) is 0. The van der Waals surface area contributed by atoms with Gasteiger partial charge in [0.15, 0.2) is 0 Å². The zero-order chi connectivity index (χ0) is 16.9. The van der Waals surface area contributed by atoms with E-state index in [9.17, 15) is 4.79 Å². The maximum absolute atomic E-state index is 12.2. The Labute approximate surface area is 142 Å². The third kappa shape index (κ3) is 3.58. The van der Waals surface area contributed by atoms with Crippen LogP contribution in [0.5, 0.6) is 0 Å². The maximum atomic E-state index is 12.2. The molecule has 0 spiro atoms. The molecule has 1 fully saturated rings. The van der Waals surface area contributed by atoms with Gasteiger partial charge in [-0.15, -0.1) is 0 Å². The van der Waals surface area contributed by atoms with Crippen molar-refractivity contribution in [3.05, 3.63) is 65.7 Å². The first kappa shape index (κ1) is 16.5. The lowest BCUT2D eigenvalue weighted by Crippen LogP contribution is -2.50. The molecule has 1 aliphatic rings. The van der Waals surface area contributed by atoms with Crippen LogP contribution >= 0.6 is 0 Å². The third-order valence-corrected chi connectivity index (χ3v) is 4.55. The highest BCUT2D eigenvalue weighted by molar-refractivity contribution is 5.82. The Morgan fingerprint density at radius 3 is 2.21 bits per heavy atom. The van der Waals surface area contributed by atoms with E-state index in [1.54, 1.807) is 0 Å². The van der Waals surface area contributed by atoms with Crippen molar-refractivity contribution >= 4 is 11.6 Å². The summed E-state index contributed by atoms with van der Waals surface area (Å²) < 4.78 is 0. The molecule has 1 heterocycles. The van der Waals surface area contributed by atoms with Gasteiger partial charge in [0.2, 0.25) is 0 Å². The van der Waals surface area contributed by atoms with Gasteiger partial charge >= 0.3 is 0 Å². The summed E-state index contributed by atoms with van der Waals surface area (Å²) in [5, 5.41) is 9.12. The van der Waals surface area contributed by atoms with Gasteiger partial charge in [0.1, 0.15) is 6.04 Å². The van der Waals surface area contributed by atoms with Crippen molar-refractivity contribution in [2.75, 3.05) is 31.1 Å². The second-order valence-electron chi connectivity index (χ2n) is 6.15. The Balaban J connectivity index is 1.71. The van der Waals surface area contributed by atoms with Crippen LogP contribution < -0.4 is 10.4 Å². The van der Waals surface area contributed by atoms with E-state index in [2.05, 4.69) is 41.0 Å². The van der Waals surface area contributed by atoms with Gasteiger partial charge in [-0.2, -0.15) is 0 Å². The molecule has 0 saturated carbocycles. The van der Waals surface area contributed by atoms with Crippen LogP contribution in [0.25, 0.3) is 0 Å². The molecule has 0 radical (unpaired) electrons. The number of nitrogens with zero attached hydrogens (tertiary/aromatic N) is 2. The first-order valence-corrected chi connectivity index (χ1v) is 8.23. The number of anilines is 1. The molecule has 1 saturated heterocycles. The Bertz CT molecular complexity index is 665. The Morgan fingerprint density at radius 1 is 1.00 bits per heavy atom. The van der Waals surface area contributed by atoms with Crippen LogP contribution in [0.4, 0.5) is 5.69 Å². The number of aryl methyl sites for hydroxylation is 1. The van der Waals surface area contributed by atoms with E-state index in [0.717, 1.165) is 31.7 Å². The fraction of sp³-hybridized carbons (Fsp3) is 0.316. The minimum absolute atomic E-state index is 0.384. The van der Waals surface area contributed by atoms with Crippen LogP contribution in [0.3, 0.4) is 0 Å². The van der Waals surface area contributed by atoms with Crippen molar-refractivity contribution in [3.8, 4) is 0 Å². The molecule has 1 aliphatic heterocycles. The summed E-state index contributed by atoms with van der Waals surface area (Å²) in [7, 11) is 0. The standard InChI is InChI=1S/C19H23N3O2/c1-15-7-9-17(10-8-15)21-11-13-22(14-12-21)18(19(23)20-24)16-5-3-2-4-6-16/h2-10,18,24H,11-14H2,1H3,(H,20,23). The molecule has 24 heavy (non-hydrogen) atoms. The van der Waals surface area contributed by atoms with Gasteiger partial charge in [-0.1, -0.05) is 48.0 Å². The monoisotopic (exact) mass is 325 g/mol. The minimum Gasteiger partial charge on any atom is -0.369 e. The summed E-state index contributed by atoms with van der Waals surface area (Å²) >= 11 is 0. The van der Waals surface area contributed by atoms with E-state index in [1.165, 1.54) is 11.3 Å². The number of hydrogen-bond donors (Lipinski definition) is 2. The van der Waals surface area contributed by atoms with Gasteiger partial charge in [-0.25, -0.2) is 5.48 Å². The SMILES string of the molecule is Cc1ccc(N2CCN(C(C(=O)NO)c3ccccc3)CC2)cc1. The average molecular weight is 325 g/mol. The molecule has 0 aliphatic carbocycles. The van der Waals surface area contributed by atoms with Crippen LogP contribution in [-0.2, 0) is 4.79 Å². The van der Waals surface area contributed by atoms with Gasteiger partial charge in [-0.3, -0.25) is 14.9 Å². The minimum atomic E-state index is -0.462. The molecule has 2 N–H and O–H groups in total. The van der Waals surface area contributed by atoms with E-state index in [1.807, 2.05) is 35.8 Å². The average Bonchev–Trinajstić information content (AvgIpc) is 2.64. The van der Waals surface area contributed by atoms with Crippen LogP contribution in [0.15, 0.2) is 54.6 Å².